The van der Waals surface area contributed by atoms with Gasteiger partial charge in [0.15, 0.2) is 11.6 Å². The molecule has 1 aromatic rings. The lowest BCUT2D eigenvalue weighted by molar-refractivity contribution is 0.425. The fourth-order valence-corrected chi connectivity index (χ4v) is 3.57. The van der Waals surface area contributed by atoms with Crippen LogP contribution in [0.15, 0.2) is 6.20 Å². The minimum Gasteiger partial charge on any atom is -0.357 e. The molecule has 4 nitrogen and oxygen atoms in total. The normalized spacial score (nSPS) is 24.1. The van der Waals surface area contributed by atoms with Crippen LogP contribution in [0.25, 0.3) is 0 Å². The van der Waals surface area contributed by atoms with Gasteiger partial charge in [0.25, 0.3) is 0 Å². The molecule has 5 heteroatoms. The lowest BCUT2D eigenvalue weighted by atomic mass is 9.96. The Morgan fingerprint density at radius 3 is 2.79 bits per heavy atom. The van der Waals surface area contributed by atoms with Gasteiger partial charge in [-0.25, -0.2) is 9.37 Å². The van der Waals surface area contributed by atoms with Crippen molar-refractivity contribution in [1.29, 1.82) is 0 Å². The molecule has 1 N–H and O–H groups in total. The van der Waals surface area contributed by atoms with Crippen molar-refractivity contribution in [2.45, 2.75) is 44.6 Å². The van der Waals surface area contributed by atoms with E-state index in [9.17, 15) is 4.39 Å². The first-order valence-corrected chi connectivity index (χ1v) is 7.26. The third-order valence-corrected chi connectivity index (χ3v) is 4.46. The van der Waals surface area contributed by atoms with E-state index in [1.165, 1.54) is 38.3 Å². The Morgan fingerprint density at radius 1 is 1.26 bits per heavy atom. The van der Waals surface area contributed by atoms with Crippen LogP contribution < -0.4 is 10.2 Å². The molecule has 1 aromatic heterocycles. The van der Waals surface area contributed by atoms with E-state index in [1.807, 2.05) is 0 Å². The molecule has 2 heterocycles. The van der Waals surface area contributed by atoms with Crippen LogP contribution in [0.1, 0.15) is 38.5 Å². The molecule has 2 aliphatic rings. The number of anilines is 2. The van der Waals surface area contributed by atoms with Gasteiger partial charge in [-0.3, -0.25) is 0 Å². The van der Waals surface area contributed by atoms with E-state index < -0.39 is 0 Å². The van der Waals surface area contributed by atoms with Crippen molar-refractivity contribution in [1.82, 2.24) is 9.97 Å². The Balaban J connectivity index is 1.87. The number of nitrogens with one attached hydrogen (secondary N) is 1. The molecule has 19 heavy (non-hydrogen) atoms. The first-order chi connectivity index (χ1) is 9.29. The van der Waals surface area contributed by atoms with Gasteiger partial charge < -0.3 is 10.2 Å². The fraction of sp³-hybridized carbons (Fsp3) is 0.714. The molecular weight excluding hydrogens is 243 g/mol. The second kappa shape index (κ2) is 5.31. The first kappa shape index (κ1) is 12.6. The van der Waals surface area contributed by atoms with Crippen molar-refractivity contribution in [3.05, 3.63) is 12.0 Å². The largest absolute Gasteiger partial charge is 0.357 e. The first-order valence-electron chi connectivity index (χ1n) is 7.26. The lowest BCUT2D eigenvalue weighted by Crippen LogP contribution is -2.36. The predicted octanol–water partition coefficient (Wildman–Crippen LogP) is 2.82. The van der Waals surface area contributed by atoms with Gasteiger partial charge in [-0.05, 0) is 31.6 Å². The highest BCUT2D eigenvalue weighted by atomic mass is 19.1. The fourth-order valence-electron chi connectivity index (χ4n) is 3.57. The Kier molecular flexibility index (Phi) is 3.53. The van der Waals surface area contributed by atoms with Crippen LogP contribution in [0.2, 0.25) is 0 Å². The molecule has 1 aliphatic carbocycles. The van der Waals surface area contributed by atoms with E-state index in [0.29, 0.717) is 17.8 Å². The second-order valence-electron chi connectivity index (χ2n) is 5.56. The zero-order chi connectivity index (χ0) is 13.2. The summed E-state index contributed by atoms with van der Waals surface area (Å²) in [6.45, 7) is 0.915. The summed E-state index contributed by atoms with van der Waals surface area (Å²) in [5.74, 6) is 1.39. The average Bonchev–Trinajstić information content (AvgIpc) is 3.09. The highest BCUT2D eigenvalue weighted by Gasteiger charge is 2.35. The standard InChI is InChI=1S/C14H21FN4/c1-16-14-17-9-11(15)13(18-14)19-8-4-7-12(19)10-5-2-3-6-10/h9-10,12H,2-8H2,1H3,(H,16,17,18). The summed E-state index contributed by atoms with van der Waals surface area (Å²) in [7, 11) is 1.76. The van der Waals surface area contributed by atoms with Gasteiger partial charge in [-0.2, -0.15) is 4.98 Å². The molecule has 0 bridgehead atoms. The van der Waals surface area contributed by atoms with Crippen LogP contribution in [0, 0.1) is 11.7 Å². The van der Waals surface area contributed by atoms with Crippen molar-refractivity contribution < 1.29 is 4.39 Å². The van der Waals surface area contributed by atoms with Crippen LogP contribution >= 0.6 is 0 Å². The van der Waals surface area contributed by atoms with Gasteiger partial charge in [0.1, 0.15) is 0 Å². The quantitative estimate of drug-likeness (QED) is 0.911. The molecule has 1 saturated carbocycles. The molecule has 1 atom stereocenters. The molecule has 0 aromatic carbocycles. The van der Waals surface area contributed by atoms with Gasteiger partial charge >= 0.3 is 0 Å². The summed E-state index contributed by atoms with van der Waals surface area (Å²) in [4.78, 5) is 10.4. The van der Waals surface area contributed by atoms with Gasteiger partial charge in [-0.15, -0.1) is 0 Å². The maximum absolute atomic E-state index is 14.0. The molecule has 1 saturated heterocycles. The van der Waals surface area contributed by atoms with Crippen LogP contribution in [0.4, 0.5) is 16.2 Å². The Labute approximate surface area is 113 Å². The third kappa shape index (κ3) is 2.38. The van der Waals surface area contributed by atoms with E-state index >= 15 is 0 Å². The molecule has 0 radical (unpaired) electrons. The minimum absolute atomic E-state index is 0.302. The maximum atomic E-state index is 14.0. The number of aromatic nitrogens is 2. The van der Waals surface area contributed by atoms with Gasteiger partial charge in [-0.1, -0.05) is 12.8 Å². The number of hydrogen-bond donors (Lipinski definition) is 1. The van der Waals surface area contributed by atoms with E-state index in [-0.39, 0.29) is 5.82 Å². The average molecular weight is 264 g/mol. The topological polar surface area (TPSA) is 41.1 Å². The molecule has 104 valence electrons. The summed E-state index contributed by atoms with van der Waals surface area (Å²) in [6.07, 6.45) is 8.80. The number of rotatable bonds is 3. The molecule has 0 amide bonds. The zero-order valence-corrected chi connectivity index (χ0v) is 11.4. The van der Waals surface area contributed by atoms with Crippen molar-refractivity contribution in [2.75, 3.05) is 23.8 Å². The van der Waals surface area contributed by atoms with E-state index in [0.717, 1.165) is 18.9 Å². The molecular formula is C14H21FN4. The van der Waals surface area contributed by atoms with E-state index in [1.54, 1.807) is 7.05 Å². The molecule has 1 unspecified atom stereocenters. The maximum Gasteiger partial charge on any atom is 0.224 e. The Hall–Kier alpha value is -1.39. The highest BCUT2D eigenvalue weighted by Crippen LogP contribution is 2.37. The van der Waals surface area contributed by atoms with Gasteiger partial charge in [0.2, 0.25) is 5.95 Å². The van der Waals surface area contributed by atoms with Crippen LogP contribution in [0.5, 0.6) is 0 Å². The predicted molar refractivity (Wildman–Crippen MR) is 73.9 cm³/mol. The van der Waals surface area contributed by atoms with E-state index in [4.69, 9.17) is 0 Å². The van der Waals surface area contributed by atoms with Gasteiger partial charge in [0.05, 0.1) is 6.20 Å². The van der Waals surface area contributed by atoms with Crippen molar-refractivity contribution in [2.24, 2.45) is 5.92 Å². The number of halogens is 1. The summed E-state index contributed by atoms with van der Waals surface area (Å²) >= 11 is 0. The van der Waals surface area contributed by atoms with Crippen molar-refractivity contribution in [3.63, 3.8) is 0 Å². The molecule has 0 spiro atoms. The minimum atomic E-state index is -0.302. The summed E-state index contributed by atoms with van der Waals surface area (Å²) in [5, 5.41) is 2.89. The highest BCUT2D eigenvalue weighted by molar-refractivity contribution is 5.46. The van der Waals surface area contributed by atoms with Crippen molar-refractivity contribution in [3.8, 4) is 0 Å². The van der Waals surface area contributed by atoms with Crippen LogP contribution in [-0.2, 0) is 0 Å². The molecule has 2 fully saturated rings. The number of hydrogen-bond acceptors (Lipinski definition) is 4. The van der Waals surface area contributed by atoms with Gasteiger partial charge in [0, 0.05) is 19.6 Å². The van der Waals surface area contributed by atoms with Crippen molar-refractivity contribution >= 4 is 11.8 Å². The SMILES string of the molecule is CNc1ncc(F)c(N2CCCC2C2CCCC2)n1. The van der Waals surface area contributed by atoms with E-state index in [2.05, 4.69) is 20.2 Å². The Bertz CT molecular complexity index is 445. The lowest BCUT2D eigenvalue weighted by Gasteiger charge is -2.30. The molecule has 1 aliphatic heterocycles. The Morgan fingerprint density at radius 2 is 2.05 bits per heavy atom. The summed E-state index contributed by atoms with van der Waals surface area (Å²) in [5.41, 5.74) is 0. The zero-order valence-electron chi connectivity index (χ0n) is 11.4. The molecule has 3 rings (SSSR count). The summed E-state index contributed by atoms with van der Waals surface area (Å²) < 4.78 is 14.0. The monoisotopic (exact) mass is 264 g/mol. The summed E-state index contributed by atoms with van der Waals surface area (Å²) in [6, 6.07) is 0.469. The number of nitrogens with zero attached hydrogens (tertiary/aromatic N) is 3. The van der Waals surface area contributed by atoms with Crippen LogP contribution in [-0.4, -0.2) is 29.6 Å². The second-order valence-corrected chi connectivity index (χ2v) is 5.56. The van der Waals surface area contributed by atoms with Crippen LogP contribution in [0.3, 0.4) is 0 Å². The smallest absolute Gasteiger partial charge is 0.224 e. The third-order valence-electron chi connectivity index (χ3n) is 4.46.